The van der Waals surface area contributed by atoms with Crippen LogP contribution in [0.2, 0.25) is 0 Å². The summed E-state index contributed by atoms with van der Waals surface area (Å²) in [5.74, 6) is -0.601. The molecule has 1 unspecified atom stereocenters. The van der Waals surface area contributed by atoms with Crippen molar-refractivity contribution in [2.45, 2.75) is 38.5 Å². The predicted molar refractivity (Wildman–Crippen MR) is 64.7 cm³/mol. The van der Waals surface area contributed by atoms with Crippen LogP contribution in [-0.4, -0.2) is 11.1 Å². The molecule has 0 aromatic carbocycles. The van der Waals surface area contributed by atoms with Gasteiger partial charge in [-0.3, -0.25) is 4.79 Å². The molecule has 1 aromatic rings. The third-order valence-corrected chi connectivity index (χ3v) is 5.50. The quantitative estimate of drug-likeness (QED) is 0.923. The van der Waals surface area contributed by atoms with Crippen molar-refractivity contribution in [2.24, 2.45) is 0 Å². The monoisotopic (exact) mass is 288 g/mol. The van der Waals surface area contributed by atoms with Crippen molar-refractivity contribution in [1.29, 1.82) is 0 Å². The lowest BCUT2D eigenvalue weighted by Gasteiger charge is -2.07. The van der Waals surface area contributed by atoms with E-state index >= 15 is 0 Å². The zero-order valence-electron chi connectivity index (χ0n) is 8.55. The molecule has 0 bridgehead atoms. The van der Waals surface area contributed by atoms with E-state index in [2.05, 4.69) is 15.9 Å². The van der Waals surface area contributed by atoms with Crippen molar-refractivity contribution in [3.8, 4) is 0 Å². The SMILES string of the molecule is CC(CC(=O)O)c1sc2c(c1Br)CCC2. The number of aliphatic carboxylic acids is 1. The number of carboxylic acid groups (broad SMARTS) is 1. The molecule has 1 aliphatic rings. The van der Waals surface area contributed by atoms with Crippen LogP contribution in [0.4, 0.5) is 0 Å². The molecule has 1 N–H and O–H groups in total. The zero-order valence-corrected chi connectivity index (χ0v) is 10.9. The Morgan fingerprint density at radius 3 is 2.93 bits per heavy atom. The highest BCUT2D eigenvalue weighted by atomic mass is 79.9. The Morgan fingerprint density at radius 1 is 1.60 bits per heavy atom. The number of hydrogen-bond donors (Lipinski definition) is 1. The average Bonchev–Trinajstić information content (AvgIpc) is 2.67. The minimum absolute atomic E-state index is 0.118. The Balaban J connectivity index is 2.25. The van der Waals surface area contributed by atoms with Gasteiger partial charge in [-0.25, -0.2) is 0 Å². The topological polar surface area (TPSA) is 37.3 Å². The third-order valence-electron chi connectivity index (χ3n) is 2.81. The summed E-state index contributed by atoms with van der Waals surface area (Å²) >= 11 is 5.40. The Labute approximate surface area is 101 Å². The Bertz CT molecular complexity index is 398. The molecule has 0 spiro atoms. The normalized spacial score (nSPS) is 16.4. The molecule has 0 radical (unpaired) electrons. The fraction of sp³-hybridized carbons (Fsp3) is 0.545. The first-order valence-electron chi connectivity index (χ1n) is 5.11. The molecule has 0 amide bonds. The number of carbonyl (C=O) groups is 1. The van der Waals surface area contributed by atoms with Gasteiger partial charge in [-0.2, -0.15) is 0 Å². The first kappa shape index (κ1) is 11.1. The van der Waals surface area contributed by atoms with E-state index in [0.717, 1.165) is 6.42 Å². The standard InChI is InChI=1S/C11H13BrO2S/c1-6(5-9(13)14)11-10(12)7-3-2-4-8(7)15-11/h6H,2-5H2,1H3,(H,13,14). The molecular formula is C11H13BrO2S. The molecule has 1 atom stereocenters. The molecular weight excluding hydrogens is 276 g/mol. The van der Waals surface area contributed by atoms with Gasteiger partial charge in [0, 0.05) is 20.1 Å². The minimum Gasteiger partial charge on any atom is -0.481 e. The minimum atomic E-state index is -0.719. The number of rotatable bonds is 3. The zero-order chi connectivity index (χ0) is 11.0. The fourth-order valence-corrected chi connectivity index (χ4v) is 4.60. The maximum Gasteiger partial charge on any atom is 0.303 e. The molecule has 1 aliphatic carbocycles. The van der Waals surface area contributed by atoms with Gasteiger partial charge < -0.3 is 5.11 Å². The highest BCUT2D eigenvalue weighted by molar-refractivity contribution is 9.10. The number of aryl methyl sites for hydroxylation is 1. The summed E-state index contributed by atoms with van der Waals surface area (Å²) in [6, 6.07) is 0. The lowest BCUT2D eigenvalue weighted by molar-refractivity contribution is -0.137. The second-order valence-corrected chi connectivity index (χ2v) is 5.96. The number of fused-ring (bicyclic) bond motifs is 1. The van der Waals surface area contributed by atoms with Crippen molar-refractivity contribution in [3.63, 3.8) is 0 Å². The summed E-state index contributed by atoms with van der Waals surface area (Å²) in [6.07, 6.45) is 3.77. The average molecular weight is 289 g/mol. The first-order chi connectivity index (χ1) is 7.09. The lowest BCUT2D eigenvalue weighted by Crippen LogP contribution is -2.01. The van der Waals surface area contributed by atoms with E-state index in [1.54, 1.807) is 11.3 Å². The van der Waals surface area contributed by atoms with E-state index in [0.29, 0.717) is 0 Å². The van der Waals surface area contributed by atoms with Crippen molar-refractivity contribution < 1.29 is 9.90 Å². The summed E-state index contributed by atoms with van der Waals surface area (Å²) in [6.45, 7) is 1.99. The van der Waals surface area contributed by atoms with E-state index in [1.165, 1.54) is 32.6 Å². The van der Waals surface area contributed by atoms with Crippen LogP contribution >= 0.6 is 27.3 Å². The van der Waals surface area contributed by atoms with Gasteiger partial charge in [-0.15, -0.1) is 11.3 Å². The molecule has 0 aliphatic heterocycles. The van der Waals surface area contributed by atoms with E-state index < -0.39 is 5.97 Å². The van der Waals surface area contributed by atoms with Crippen LogP contribution in [-0.2, 0) is 17.6 Å². The summed E-state index contributed by atoms with van der Waals surface area (Å²) in [7, 11) is 0. The van der Waals surface area contributed by atoms with Crippen molar-refractivity contribution >= 4 is 33.2 Å². The van der Waals surface area contributed by atoms with Gasteiger partial charge in [0.25, 0.3) is 0 Å². The molecule has 2 rings (SSSR count). The maximum absolute atomic E-state index is 10.7. The maximum atomic E-state index is 10.7. The van der Waals surface area contributed by atoms with Gasteiger partial charge in [0.15, 0.2) is 0 Å². The Hall–Kier alpha value is -0.350. The number of thiophene rings is 1. The van der Waals surface area contributed by atoms with E-state index in [4.69, 9.17) is 5.11 Å². The van der Waals surface area contributed by atoms with Gasteiger partial charge in [0.05, 0.1) is 6.42 Å². The molecule has 4 heteroatoms. The number of halogens is 1. The molecule has 1 heterocycles. The molecule has 0 saturated heterocycles. The van der Waals surface area contributed by atoms with Gasteiger partial charge >= 0.3 is 5.97 Å². The molecule has 82 valence electrons. The fourth-order valence-electron chi connectivity index (χ4n) is 2.06. The summed E-state index contributed by atoms with van der Waals surface area (Å²) in [5, 5.41) is 8.77. The Morgan fingerprint density at radius 2 is 2.33 bits per heavy atom. The molecule has 15 heavy (non-hydrogen) atoms. The molecule has 2 nitrogen and oxygen atoms in total. The number of carboxylic acids is 1. The van der Waals surface area contributed by atoms with Crippen LogP contribution in [0.5, 0.6) is 0 Å². The first-order valence-corrected chi connectivity index (χ1v) is 6.72. The van der Waals surface area contributed by atoms with Crippen molar-refractivity contribution in [3.05, 3.63) is 19.8 Å². The van der Waals surface area contributed by atoms with E-state index in [-0.39, 0.29) is 12.3 Å². The third kappa shape index (κ3) is 2.11. The van der Waals surface area contributed by atoms with Crippen LogP contribution in [0.3, 0.4) is 0 Å². The molecule has 1 aromatic heterocycles. The van der Waals surface area contributed by atoms with Crippen LogP contribution in [0, 0.1) is 0 Å². The number of hydrogen-bond acceptors (Lipinski definition) is 2. The van der Waals surface area contributed by atoms with Crippen LogP contribution in [0.15, 0.2) is 4.47 Å². The van der Waals surface area contributed by atoms with Gasteiger partial charge in [0.1, 0.15) is 0 Å². The van der Waals surface area contributed by atoms with Crippen LogP contribution in [0.25, 0.3) is 0 Å². The van der Waals surface area contributed by atoms with Crippen LogP contribution < -0.4 is 0 Å². The highest BCUT2D eigenvalue weighted by Gasteiger charge is 2.24. The molecule has 0 saturated carbocycles. The van der Waals surface area contributed by atoms with Gasteiger partial charge in [-0.05, 0) is 40.8 Å². The predicted octanol–water partition coefficient (Wildman–Crippen LogP) is 3.58. The molecule has 0 fully saturated rings. The lowest BCUT2D eigenvalue weighted by atomic mass is 10.1. The highest BCUT2D eigenvalue weighted by Crippen LogP contribution is 2.43. The van der Waals surface area contributed by atoms with Gasteiger partial charge in [-0.1, -0.05) is 6.92 Å². The van der Waals surface area contributed by atoms with Crippen LogP contribution in [0.1, 0.15) is 41.0 Å². The summed E-state index contributed by atoms with van der Waals surface area (Å²) in [5.41, 5.74) is 1.42. The smallest absolute Gasteiger partial charge is 0.303 e. The van der Waals surface area contributed by atoms with E-state index in [9.17, 15) is 4.79 Å². The van der Waals surface area contributed by atoms with Crippen molar-refractivity contribution in [1.82, 2.24) is 0 Å². The Kier molecular flexibility index (Phi) is 3.16. The van der Waals surface area contributed by atoms with E-state index in [1.807, 2.05) is 6.92 Å². The second-order valence-electron chi connectivity index (χ2n) is 4.03. The summed E-state index contributed by atoms with van der Waals surface area (Å²) < 4.78 is 1.17. The summed E-state index contributed by atoms with van der Waals surface area (Å²) in [4.78, 5) is 13.3. The van der Waals surface area contributed by atoms with Gasteiger partial charge in [0.2, 0.25) is 0 Å². The largest absolute Gasteiger partial charge is 0.481 e. The van der Waals surface area contributed by atoms with Crippen molar-refractivity contribution in [2.75, 3.05) is 0 Å². The second kappa shape index (κ2) is 4.26.